The molecule has 4 heteroatoms. The van der Waals surface area contributed by atoms with Crippen molar-refractivity contribution in [1.82, 2.24) is 4.90 Å². The molecule has 1 saturated carbocycles. The van der Waals surface area contributed by atoms with Gasteiger partial charge >= 0.3 is 0 Å². The molecule has 0 aliphatic heterocycles. The fourth-order valence-electron chi connectivity index (χ4n) is 3.20. The minimum absolute atomic E-state index is 0.177. The molecule has 21 heavy (non-hydrogen) atoms. The predicted molar refractivity (Wildman–Crippen MR) is 83.6 cm³/mol. The zero-order valence-electron chi connectivity index (χ0n) is 13.1. The van der Waals surface area contributed by atoms with E-state index >= 15 is 0 Å². The third-order valence-corrected chi connectivity index (χ3v) is 4.22. The van der Waals surface area contributed by atoms with Crippen LogP contribution in [0, 0.1) is 0 Å². The number of phenolic OH excluding ortho intramolecular Hbond substituents is 1. The molecular weight excluding hydrogens is 266 g/mol. The molecule has 1 unspecified atom stereocenters. The highest BCUT2D eigenvalue weighted by molar-refractivity contribution is 5.41. The Labute approximate surface area is 127 Å². The first-order chi connectivity index (χ1) is 10.1. The van der Waals surface area contributed by atoms with Crippen LogP contribution in [-0.4, -0.2) is 40.9 Å². The van der Waals surface area contributed by atoms with E-state index < -0.39 is 0 Å². The van der Waals surface area contributed by atoms with Crippen molar-refractivity contribution in [3.05, 3.63) is 23.8 Å². The van der Waals surface area contributed by atoms with Crippen molar-refractivity contribution >= 4 is 0 Å². The van der Waals surface area contributed by atoms with Gasteiger partial charge in [-0.1, -0.05) is 25.3 Å². The van der Waals surface area contributed by atoms with E-state index in [0.717, 1.165) is 12.1 Å². The first-order valence-corrected chi connectivity index (χ1v) is 7.88. The zero-order chi connectivity index (χ0) is 15.2. The van der Waals surface area contributed by atoms with Crippen LogP contribution in [0.5, 0.6) is 11.5 Å². The summed E-state index contributed by atoms with van der Waals surface area (Å²) in [6.07, 6.45) is 5.94. The molecular formula is C17H27NO3. The summed E-state index contributed by atoms with van der Waals surface area (Å²) in [4.78, 5) is 2.35. The smallest absolute Gasteiger partial charge is 0.160 e. The van der Waals surface area contributed by atoms with Gasteiger partial charge in [0.05, 0.1) is 13.2 Å². The maximum atomic E-state index is 9.90. The van der Waals surface area contributed by atoms with Crippen LogP contribution >= 0.6 is 0 Å². The van der Waals surface area contributed by atoms with Gasteiger partial charge in [0, 0.05) is 19.1 Å². The van der Waals surface area contributed by atoms with E-state index in [1.165, 1.54) is 32.1 Å². The van der Waals surface area contributed by atoms with E-state index in [2.05, 4.69) is 4.90 Å². The molecule has 1 aromatic rings. The minimum Gasteiger partial charge on any atom is -0.504 e. The summed E-state index contributed by atoms with van der Waals surface area (Å²) in [6.45, 7) is 3.27. The topological polar surface area (TPSA) is 52.9 Å². The van der Waals surface area contributed by atoms with Crippen LogP contribution in [-0.2, 0) is 6.54 Å². The molecule has 1 aliphatic carbocycles. The number of rotatable bonds is 6. The lowest BCUT2D eigenvalue weighted by Crippen LogP contribution is -2.40. The molecule has 0 heterocycles. The van der Waals surface area contributed by atoms with E-state index in [9.17, 15) is 10.2 Å². The second kappa shape index (κ2) is 7.66. The number of benzene rings is 1. The standard InChI is InChI=1S/C17H27NO3/c1-13(19)11-18(15-6-4-3-5-7-15)12-14-8-9-17(21-2)16(20)10-14/h8-10,13,15,19-20H,3-7,11-12H2,1-2H3. The minimum atomic E-state index is -0.334. The van der Waals surface area contributed by atoms with Gasteiger partial charge < -0.3 is 14.9 Å². The van der Waals surface area contributed by atoms with Crippen LogP contribution < -0.4 is 4.74 Å². The van der Waals surface area contributed by atoms with E-state index in [1.54, 1.807) is 19.2 Å². The Morgan fingerprint density at radius 3 is 2.57 bits per heavy atom. The summed E-state index contributed by atoms with van der Waals surface area (Å²) >= 11 is 0. The second-order valence-electron chi connectivity index (χ2n) is 6.08. The van der Waals surface area contributed by atoms with Crippen molar-refractivity contribution in [2.45, 2.75) is 57.7 Å². The Morgan fingerprint density at radius 1 is 1.29 bits per heavy atom. The van der Waals surface area contributed by atoms with Gasteiger partial charge in [0.15, 0.2) is 11.5 Å². The number of hydrogen-bond donors (Lipinski definition) is 2. The number of hydrogen-bond acceptors (Lipinski definition) is 4. The molecule has 0 amide bonds. The van der Waals surface area contributed by atoms with Crippen LogP contribution in [0.2, 0.25) is 0 Å². The van der Waals surface area contributed by atoms with Gasteiger partial charge in [-0.2, -0.15) is 0 Å². The summed E-state index contributed by atoms with van der Waals surface area (Å²) < 4.78 is 5.08. The number of methoxy groups -OCH3 is 1. The number of ether oxygens (including phenoxy) is 1. The number of aliphatic hydroxyl groups is 1. The number of phenols is 1. The first-order valence-electron chi connectivity index (χ1n) is 7.88. The third kappa shape index (κ3) is 4.61. The molecule has 2 N–H and O–H groups in total. The first kappa shape index (κ1) is 16.1. The molecule has 0 spiro atoms. The summed E-state index contributed by atoms with van der Waals surface area (Å²) in [6, 6.07) is 6.08. The summed E-state index contributed by atoms with van der Waals surface area (Å²) in [5.41, 5.74) is 1.06. The van der Waals surface area contributed by atoms with E-state index in [4.69, 9.17) is 4.74 Å². The van der Waals surface area contributed by atoms with Gasteiger partial charge in [-0.05, 0) is 37.5 Å². The molecule has 1 aliphatic rings. The average molecular weight is 293 g/mol. The highest BCUT2D eigenvalue weighted by Crippen LogP contribution is 2.29. The summed E-state index contributed by atoms with van der Waals surface area (Å²) in [5.74, 6) is 0.675. The quantitative estimate of drug-likeness (QED) is 0.847. The van der Waals surface area contributed by atoms with Crippen LogP contribution in [0.4, 0.5) is 0 Å². The molecule has 118 valence electrons. The fourth-order valence-corrected chi connectivity index (χ4v) is 3.20. The fraction of sp³-hybridized carbons (Fsp3) is 0.647. The predicted octanol–water partition coefficient (Wildman–Crippen LogP) is 2.92. The van der Waals surface area contributed by atoms with Crippen molar-refractivity contribution in [2.75, 3.05) is 13.7 Å². The monoisotopic (exact) mass is 293 g/mol. The third-order valence-electron chi connectivity index (χ3n) is 4.22. The van der Waals surface area contributed by atoms with E-state index in [-0.39, 0.29) is 11.9 Å². The zero-order valence-corrected chi connectivity index (χ0v) is 13.1. The van der Waals surface area contributed by atoms with E-state index in [0.29, 0.717) is 18.3 Å². The highest BCUT2D eigenvalue weighted by Gasteiger charge is 2.22. The van der Waals surface area contributed by atoms with Crippen LogP contribution in [0.3, 0.4) is 0 Å². The lowest BCUT2D eigenvalue weighted by molar-refractivity contribution is 0.0768. The van der Waals surface area contributed by atoms with Gasteiger partial charge in [0.2, 0.25) is 0 Å². The Balaban J connectivity index is 2.08. The molecule has 0 bridgehead atoms. The normalized spacial score (nSPS) is 17.9. The SMILES string of the molecule is COc1ccc(CN(CC(C)O)C2CCCCC2)cc1O. The Kier molecular flexibility index (Phi) is 5.88. The Hall–Kier alpha value is -1.26. The van der Waals surface area contributed by atoms with E-state index in [1.807, 2.05) is 13.0 Å². The van der Waals surface area contributed by atoms with Crippen molar-refractivity contribution in [1.29, 1.82) is 0 Å². The van der Waals surface area contributed by atoms with Crippen LogP contribution in [0.25, 0.3) is 0 Å². The van der Waals surface area contributed by atoms with Gasteiger partial charge in [-0.25, -0.2) is 0 Å². The molecule has 1 atom stereocenters. The summed E-state index contributed by atoms with van der Waals surface area (Å²) in [7, 11) is 1.55. The number of aliphatic hydroxyl groups excluding tert-OH is 1. The molecule has 4 nitrogen and oxygen atoms in total. The van der Waals surface area contributed by atoms with Crippen molar-refractivity contribution < 1.29 is 14.9 Å². The molecule has 0 radical (unpaired) electrons. The Morgan fingerprint density at radius 2 is 2.00 bits per heavy atom. The molecule has 1 aromatic carbocycles. The van der Waals surface area contributed by atoms with Crippen molar-refractivity contribution in [3.8, 4) is 11.5 Å². The average Bonchev–Trinajstić information content (AvgIpc) is 2.47. The van der Waals surface area contributed by atoms with Crippen LogP contribution in [0.1, 0.15) is 44.6 Å². The van der Waals surface area contributed by atoms with Crippen LogP contribution in [0.15, 0.2) is 18.2 Å². The number of aromatic hydroxyl groups is 1. The second-order valence-corrected chi connectivity index (χ2v) is 6.08. The molecule has 2 rings (SSSR count). The van der Waals surface area contributed by atoms with Gasteiger partial charge in [0.1, 0.15) is 0 Å². The number of nitrogens with zero attached hydrogens (tertiary/aromatic N) is 1. The van der Waals surface area contributed by atoms with Gasteiger partial charge in [-0.15, -0.1) is 0 Å². The van der Waals surface area contributed by atoms with Gasteiger partial charge in [-0.3, -0.25) is 4.90 Å². The molecule has 0 aromatic heterocycles. The highest BCUT2D eigenvalue weighted by atomic mass is 16.5. The Bertz CT molecular complexity index is 442. The van der Waals surface area contributed by atoms with Crippen molar-refractivity contribution in [2.24, 2.45) is 0 Å². The van der Waals surface area contributed by atoms with Gasteiger partial charge in [0.25, 0.3) is 0 Å². The largest absolute Gasteiger partial charge is 0.504 e. The van der Waals surface area contributed by atoms with Crippen molar-refractivity contribution in [3.63, 3.8) is 0 Å². The maximum absolute atomic E-state index is 9.90. The summed E-state index contributed by atoms with van der Waals surface area (Å²) in [5, 5.41) is 19.7. The maximum Gasteiger partial charge on any atom is 0.160 e. The molecule has 0 saturated heterocycles. The molecule has 1 fully saturated rings. The lowest BCUT2D eigenvalue weighted by Gasteiger charge is -2.35. The lowest BCUT2D eigenvalue weighted by atomic mass is 9.93.